The first-order valence-electron chi connectivity index (χ1n) is 14.3. The number of hydrogen-bond acceptors (Lipinski definition) is 10. The quantitative estimate of drug-likeness (QED) is 0.124. The highest BCUT2D eigenvalue weighted by Gasteiger charge is 2.28. The molecule has 1 aromatic carbocycles. The number of carbonyl (C=O) groups is 4. The average Bonchev–Trinajstić information content (AvgIpc) is 2.90. The fourth-order valence-corrected chi connectivity index (χ4v) is 3.45. The lowest BCUT2D eigenvalue weighted by Gasteiger charge is -2.31. The number of alkyl carbamates (subject to hydrolysis) is 1. The van der Waals surface area contributed by atoms with Crippen molar-refractivity contribution in [1.29, 1.82) is 0 Å². The summed E-state index contributed by atoms with van der Waals surface area (Å²) >= 11 is 0. The molecule has 2 N–H and O–H groups in total. The zero-order valence-electron chi connectivity index (χ0n) is 26.2. The minimum atomic E-state index is -1.17. The molecule has 0 fully saturated rings. The normalized spacial score (nSPS) is 12.3. The number of nitrogens with one attached hydrogen (secondary N) is 1. The van der Waals surface area contributed by atoms with E-state index in [4.69, 9.17) is 33.6 Å². The molecule has 0 bridgehead atoms. The van der Waals surface area contributed by atoms with Crippen molar-refractivity contribution in [1.82, 2.24) is 10.4 Å². The standard InChI is InChI=1S/C30H48N2O11/c1-29(2,3)32(28(36)37)42-20-19-40-18-17-39-16-15-38-14-10-13-25(33)24(31-27(35)43-30(4,5)6)21-26(34)41-22-23-11-8-7-9-12-23/h7-9,11-12,24H,10,13-22H2,1-6H3,(H,31,35)(H,36,37)/t24-/m0/s1. The number of benzene rings is 1. The third-order valence-electron chi connectivity index (χ3n) is 5.38. The molecule has 0 radical (unpaired) electrons. The maximum Gasteiger partial charge on any atom is 0.431 e. The molecule has 0 aliphatic heterocycles. The van der Waals surface area contributed by atoms with E-state index in [1.807, 2.05) is 30.3 Å². The highest BCUT2D eigenvalue weighted by Crippen LogP contribution is 2.14. The number of ether oxygens (including phenoxy) is 5. The molecule has 0 aromatic heterocycles. The molecular weight excluding hydrogens is 564 g/mol. The summed E-state index contributed by atoms with van der Waals surface area (Å²) < 4.78 is 26.8. The van der Waals surface area contributed by atoms with Crippen LogP contribution in [0.15, 0.2) is 30.3 Å². The van der Waals surface area contributed by atoms with Crippen LogP contribution in [0, 0.1) is 0 Å². The largest absolute Gasteiger partial charge is 0.463 e. The zero-order valence-corrected chi connectivity index (χ0v) is 26.2. The van der Waals surface area contributed by atoms with Gasteiger partial charge in [0.2, 0.25) is 0 Å². The van der Waals surface area contributed by atoms with Crippen LogP contribution in [0.1, 0.15) is 66.4 Å². The van der Waals surface area contributed by atoms with Gasteiger partial charge >= 0.3 is 18.2 Å². The zero-order chi connectivity index (χ0) is 32.3. The van der Waals surface area contributed by atoms with Crippen LogP contribution in [-0.2, 0) is 44.7 Å². The number of amides is 2. The second kappa shape index (κ2) is 19.8. The van der Waals surface area contributed by atoms with Gasteiger partial charge in [-0.15, -0.1) is 0 Å². The molecule has 0 aliphatic rings. The highest BCUT2D eigenvalue weighted by molar-refractivity contribution is 5.91. The van der Waals surface area contributed by atoms with E-state index < -0.39 is 35.3 Å². The van der Waals surface area contributed by atoms with Gasteiger partial charge in [0.15, 0.2) is 5.78 Å². The van der Waals surface area contributed by atoms with Gasteiger partial charge in [-0.05, 0) is 53.5 Å². The highest BCUT2D eigenvalue weighted by atomic mass is 16.7. The third-order valence-corrected chi connectivity index (χ3v) is 5.38. The van der Waals surface area contributed by atoms with E-state index in [1.54, 1.807) is 41.5 Å². The van der Waals surface area contributed by atoms with E-state index in [0.29, 0.717) is 32.8 Å². The molecule has 1 rings (SSSR count). The predicted octanol–water partition coefficient (Wildman–Crippen LogP) is 4.12. The Balaban J connectivity index is 2.27. The van der Waals surface area contributed by atoms with Gasteiger partial charge in [-0.1, -0.05) is 30.3 Å². The van der Waals surface area contributed by atoms with E-state index in [0.717, 1.165) is 10.6 Å². The van der Waals surface area contributed by atoms with Gasteiger partial charge in [-0.2, -0.15) is 5.06 Å². The van der Waals surface area contributed by atoms with Crippen molar-refractivity contribution >= 4 is 23.9 Å². The minimum Gasteiger partial charge on any atom is -0.463 e. The van der Waals surface area contributed by atoms with Crippen molar-refractivity contribution in [3.8, 4) is 0 Å². The Morgan fingerprint density at radius 1 is 0.837 bits per heavy atom. The van der Waals surface area contributed by atoms with Gasteiger partial charge in [-0.25, -0.2) is 9.59 Å². The second-order valence-corrected chi connectivity index (χ2v) is 11.5. The Bertz CT molecular complexity index is 975. The molecule has 0 heterocycles. The maximum atomic E-state index is 12.8. The number of hydroxylamine groups is 2. The van der Waals surface area contributed by atoms with Gasteiger partial charge < -0.3 is 34.1 Å². The maximum absolute atomic E-state index is 12.8. The van der Waals surface area contributed by atoms with Crippen LogP contribution >= 0.6 is 0 Å². The molecule has 43 heavy (non-hydrogen) atoms. The van der Waals surface area contributed by atoms with Crippen LogP contribution in [0.2, 0.25) is 0 Å². The van der Waals surface area contributed by atoms with Gasteiger partial charge in [0.25, 0.3) is 0 Å². The predicted molar refractivity (Wildman–Crippen MR) is 156 cm³/mol. The Morgan fingerprint density at radius 2 is 1.40 bits per heavy atom. The van der Waals surface area contributed by atoms with Gasteiger partial charge in [0.05, 0.1) is 51.6 Å². The lowest BCUT2D eigenvalue weighted by atomic mass is 10.1. The molecule has 0 unspecified atom stereocenters. The molecule has 2 amide bonds. The molecule has 13 nitrogen and oxygen atoms in total. The molecule has 0 saturated carbocycles. The van der Waals surface area contributed by atoms with Crippen LogP contribution in [-0.4, -0.2) is 97.5 Å². The summed E-state index contributed by atoms with van der Waals surface area (Å²) in [6.45, 7) is 12.2. The lowest BCUT2D eigenvalue weighted by Crippen LogP contribution is -2.45. The smallest absolute Gasteiger partial charge is 0.431 e. The van der Waals surface area contributed by atoms with E-state index in [9.17, 15) is 19.2 Å². The molecule has 0 aliphatic carbocycles. The average molecular weight is 613 g/mol. The number of carbonyl (C=O) groups excluding carboxylic acids is 3. The Hall–Kier alpha value is -3.26. The summed E-state index contributed by atoms with van der Waals surface area (Å²) in [6, 6.07) is 8.05. The number of esters is 1. The lowest BCUT2D eigenvalue weighted by molar-refractivity contribution is -0.187. The SMILES string of the molecule is CC(C)(C)OC(=O)N[C@@H](CC(=O)OCc1ccccc1)C(=O)CCCOCCOCCOCCON(C(=O)O)C(C)(C)C. The Labute approximate surface area is 254 Å². The van der Waals surface area contributed by atoms with Gasteiger partial charge in [-0.3, -0.25) is 14.4 Å². The van der Waals surface area contributed by atoms with Crippen LogP contribution in [0.4, 0.5) is 9.59 Å². The second-order valence-electron chi connectivity index (χ2n) is 11.5. The fraction of sp³-hybridized carbons (Fsp3) is 0.667. The van der Waals surface area contributed by atoms with Crippen LogP contribution in [0.5, 0.6) is 0 Å². The van der Waals surface area contributed by atoms with E-state index in [2.05, 4.69) is 5.32 Å². The molecule has 0 saturated heterocycles. The number of hydrogen-bond donors (Lipinski definition) is 2. The molecule has 244 valence electrons. The van der Waals surface area contributed by atoms with Crippen molar-refractivity contribution in [3.05, 3.63) is 35.9 Å². The summed E-state index contributed by atoms with van der Waals surface area (Å²) in [5.74, 6) is -0.951. The van der Waals surface area contributed by atoms with Gasteiger partial charge in [0, 0.05) is 13.0 Å². The first-order valence-corrected chi connectivity index (χ1v) is 14.3. The van der Waals surface area contributed by atoms with Crippen molar-refractivity contribution in [2.24, 2.45) is 0 Å². The van der Waals surface area contributed by atoms with E-state index in [1.165, 1.54) is 0 Å². The number of Topliss-reactive ketones (excluding diaryl/α,β-unsaturated/α-hetero) is 1. The number of rotatable bonds is 20. The Kier molecular flexibility index (Phi) is 17.4. The summed E-state index contributed by atoms with van der Waals surface area (Å²) in [7, 11) is 0. The van der Waals surface area contributed by atoms with Crippen LogP contribution in [0.3, 0.4) is 0 Å². The molecule has 13 heteroatoms. The number of nitrogens with zero attached hydrogens (tertiary/aromatic N) is 1. The first-order chi connectivity index (χ1) is 20.2. The topological polar surface area (TPSA) is 159 Å². The Morgan fingerprint density at radius 3 is 1.93 bits per heavy atom. The summed E-state index contributed by atoms with van der Waals surface area (Å²) in [5.41, 5.74) is -0.641. The molecule has 1 aromatic rings. The van der Waals surface area contributed by atoms with E-state index in [-0.39, 0.29) is 45.1 Å². The summed E-state index contributed by atoms with van der Waals surface area (Å²) in [4.78, 5) is 54.0. The van der Waals surface area contributed by atoms with Crippen molar-refractivity contribution in [2.75, 3.05) is 46.2 Å². The van der Waals surface area contributed by atoms with E-state index >= 15 is 0 Å². The van der Waals surface area contributed by atoms with Crippen LogP contribution in [0.25, 0.3) is 0 Å². The summed E-state index contributed by atoms with van der Waals surface area (Å²) in [5, 5.41) is 12.5. The first kappa shape index (κ1) is 37.8. The monoisotopic (exact) mass is 612 g/mol. The summed E-state index contributed by atoms with van der Waals surface area (Å²) in [6.07, 6.45) is -1.81. The molecule has 0 spiro atoms. The molecule has 1 atom stereocenters. The van der Waals surface area contributed by atoms with Crippen molar-refractivity contribution in [3.63, 3.8) is 0 Å². The van der Waals surface area contributed by atoms with Crippen molar-refractivity contribution in [2.45, 2.75) is 84.6 Å². The molecular formula is C30H48N2O11. The number of ketones is 1. The van der Waals surface area contributed by atoms with Crippen LogP contribution < -0.4 is 5.32 Å². The fourth-order valence-electron chi connectivity index (χ4n) is 3.45. The third kappa shape index (κ3) is 18.8. The van der Waals surface area contributed by atoms with Gasteiger partial charge in [0.1, 0.15) is 18.2 Å². The van der Waals surface area contributed by atoms with Crippen molar-refractivity contribution < 1.29 is 52.8 Å². The number of carboxylic acid groups (broad SMARTS) is 1. The minimum absolute atomic E-state index is 0.0620.